The summed E-state index contributed by atoms with van der Waals surface area (Å²) in [6.45, 7) is 0.782. The van der Waals surface area contributed by atoms with Crippen LogP contribution in [-0.4, -0.2) is 19.5 Å². The van der Waals surface area contributed by atoms with Gasteiger partial charge in [-0.2, -0.15) is 0 Å². The number of aryl methyl sites for hydroxylation is 1. The second-order valence-corrected chi connectivity index (χ2v) is 9.46. The second kappa shape index (κ2) is 9.26. The summed E-state index contributed by atoms with van der Waals surface area (Å²) in [5, 5.41) is 5.78. The summed E-state index contributed by atoms with van der Waals surface area (Å²) < 4.78 is 2.36. The average Bonchev–Trinajstić information content (AvgIpc) is 3.53. The fraction of sp³-hybridized carbons (Fsp3) is 0.276. The van der Waals surface area contributed by atoms with Crippen LogP contribution in [0.3, 0.4) is 0 Å². The molecule has 5 heteroatoms. The van der Waals surface area contributed by atoms with Crippen molar-refractivity contribution in [3.8, 4) is 0 Å². The molecule has 6 rings (SSSR count). The van der Waals surface area contributed by atoms with Crippen LogP contribution >= 0.6 is 0 Å². The fourth-order valence-corrected chi connectivity index (χ4v) is 5.33. The van der Waals surface area contributed by atoms with E-state index in [2.05, 4.69) is 86.7 Å². The largest absolute Gasteiger partial charge is 0.366 e. The van der Waals surface area contributed by atoms with Gasteiger partial charge in [0.25, 0.3) is 0 Å². The van der Waals surface area contributed by atoms with E-state index in [1.807, 2.05) is 12.3 Å². The van der Waals surface area contributed by atoms with E-state index < -0.39 is 0 Å². The molecule has 0 aliphatic heterocycles. The molecular weight excluding hydrogens is 418 g/mol. The first kappa shape index (κ1) is 20.8. The zero-order chi connectivity index (χ0) is 22.7. The van der Waals surface area contributed by atoms with Gasteiger partial charge in [-0.25, -0.2) is 15.0 Å². The van der Waals surface area contributed by atoms with Crippen LogP contribution in [0.25, 0.3) is 21.9 Å². The van der Waals surface area contributed by atoms with E-state index in [0.29, 0.717) is 6.04 Å². The van der Waals surface area contributed by atoms with Crippen molar-refractivity contribution in [3.05, 3.63) is 96.6 Å². The molecule has 5 nitrogen and oxygen atoms in total. The standard InChI is InChI=1S/C29H29N5/c1-2-4-23(5-3-1)18-31-28-13-11-24-10-8-22(17-27(24)33-28)7-6-21-9-12-26(16-21)34-15-14-25-19-30-20-32-29(25)34/h1-5,8,10-11,13-15,17,19-21,26H,6-7,9,12,16,18H2,(H,31,33). The zero-order valence-corrected chi connectivity index (χ0v) is 19.3. The van der Waals surface area contributed by atoms with Gasteiger partial charge in [-0.3, -0.25) is 0 Å². The molecule has 5 aromatic rings. The Kier molecular flexibility index (Phi) is 5.68. The molecule has 1 aliphatic carbocycles. The van der Waals surface area contributed by atoms with Crippen molar-refractivity contribution in [1.29, 1.82) is 0 Å². The van der Waals surface area contributed by atoms with Crippen molar-refractivity contribution >= 4 is 27.8 Å². The van der Waals surface area contributed by atoms with Gasteiger partial charge in [-0.05, 0) is 73.4 Å². The van der Waals surface area contributed by atoms with Crippen LogP contribution in [0.15, 0.2) is 85.5 Å². The summed E-state index contributed by atoms with van der Waals surface area (Å²) in [5.41, 5.74) is 4.77. The summed E-state index contributed by atoms with van der Waals surface area (Å²) in [6, 6.07) is 24.1. The number of pyridine rings is 1. The number of hydrogen-bond acceptors (Lipinski definition) is 4. The van der Waals surface area contributed by atoms with E-state index >= 15 is 0 Å². The highest BCUT2D eigenvalue weighted by Crippen LogP contribution is 2.38. The Hall–Kier alpha value is -3.73. The van der Waals surface area contributed by atoms with E-state index in [1.165, 1.54) is 42.2 Å². The maximum absolute atomic E-state index is 4.88. The van der Waals surface area contributed by atoms with Crippen LogP contribution in [0.4, 0.5) is 5.82 Å². The van der Waals surface area contributed by atoms with Gasteiger partial charge in [0, 0.05) is 35.8 Å². The predicted octanol–water partition coefficient (Wildman–Crippen LogP) is 6.57. The lowest BCUT2D eigenvalue weighted by molar-refractivity contribution is 0.461. The molecule has 170 valence electrons. The lowest BCUT2D eigenvalue weighted by atomic mass is 9.97. The molecule has 34 heavy (non-hydrogen) atoms. The molecule has 2 aromatic carbocycles. The van der Waals surface area contributed by atoms with Crippen LogP contribution in [-0.2, 0) is 13.0 Å². The normalized spacial score (nSPS) is 18.0. The first-order chi connectivity index (χ1) is 16.8. The van der Waals surface area contributed by atoms with Crippen LogP contribution in [0.5, 0.6) is 0 Å². The van der Waals surface area contributed by atoms with Crippen LogP contribution < -0.4 is 5.32 Å². The molecule has 0 amide bonds. The third-order valence-electron chi connectivity index (χ3n) is 7.20. The Labute approximate surface area is 199 Å². The molecule has 0 radical (unpaired) electrons. The van der Waals surface area contributed by atoms with Crippen molar-refractivity contribution < 1.29 is 0 Å². The molecule has 3 heterocycles. The molecule has 2 unspecified atom stereocenters. The fourth-order valence-electron chi connectivity index (χ4n) is 5.33. The van der Waals surface area contributed by atoms with E-state index in [-0.39, 0.29) is 0 Å². The second-order valence-electron chi connectivity index (χ2n) is 9.46. The topological polar surface area (TPSA) is 55.6 Å². The minimum absolute atomic E-state index is 0.550. The Balaban J connectivity index is 1.09. The zero-order valence-electron chi connectivity index (χ0n) is 19.3. The van der Waals surface area contributed by atoms with Crippen LogP contribution in [0.1, 0.15) is 42.9 Å². The first-order valence-corrected chi connectivity index (χ1v) is 12.3. The number of nitrogens with zero attached hydrogens (tertiary/aromatic N) is 4. The molecule has 1 N–H and O–H groups in total. The number of hydrogen-bond donors (Lipinski definition) is 1. The predicted molar refractivity (Wildman–Crippen MR) is 138 cm³/mol. The number of fused-ring (bicyclic) bond motifs is 2. The lowest BCUT2D eigenvalue weighted by Crippen LogP contribution is -2.05. The van der Waals surface area contributed by atoms with Gasteiger partial charge in [0.15, 0.2) is 0 Å². The van der Waals surface area contributed by atoms with Gasteiger partial charge in [-0.15, -0.1) is 0 Å². The van der Waals surface area contributed by atoms with Crippen molar-refractivity contribution in [2.75, 3.05) is 5.32 Å². The summed E-state index contributed by atoms with van der Waals surface area (Å²) in [6.07, 6.45) is 11.8. The summed E-state index contributed by atoms with van der Waals surface area (Å²) in [7, 11) is 0. The molecule has 1 fully saturated rings. The third kappa shape index (κ3) is 4.38. The van der Waals surface area contributed by atoms with Crippen molar-refractivity contribution in [3.63, 3.8) is 0 Å². The average molecular weight is 448 g/mol. The molecule has 0 bridgehead atoms. The number of aromatic nitrogens is 4. The Morgan fingerprint density at radius 2 is 1.82 bits per heavy atom. The maximum Gasteiger partial charge on any atom is 0.143 e. The summed E-state index contributed by atoms with van der Waals surface area (Å²) >= 11 is 0. The molecule has 1 aliphatic rings. The number of anilines is 1. The van der Waals surface area contributed by atoms with Crippen molar-refractivity contribution in [2.24, 2.45) is 5.92 Å². The van der Waals surface area contributed by atoms with Gasteiger partial charge in [0.1, 0.15) is 17.8 Å². The SMILES string of the molecule is c1ccc(CNc2ccc3ccc(CCC4CCC(n5ccc6cncnc65)C4)cc3n2)cc1. The van der Waals surface area contributed by atoms with E-state index in [1.54, 1.807) is 6.33 Å². The lowest BCUT2D eigenvalue weighted by Gasteiger charge is -2.14. The molecule has 2 atom stereocenters. The van der Waals surface area contributed by atoms with Gasteiger partial charge >= 0.3 is 0 Å². The smallest absolute Gasteiger partial charge is 0.143 e. The minimum Gasteiger partial charge on any atom is -0.366 e. The molecule has 3 aromatic heterocycles. The third-order valence-corrected chi connectivity index (χ3v) is 7.20. The summed E-state index contributed by atoms with van der Waals surface area (Å²) in [4.78, 5) is 13.5. The Bertz CT molecular complexity index is 1410. The number of benzene rings is 2. The molecule has 1 saturated carbocycles. The van der Waals surface area contributed by atoms with Crippen molar-refractivity contribution in [1.82, 2.24) is 19.5 Å². The van der Waals surface area contributed by atoms with E-state index in [9.17, 15) is 0 Å². The molecular formula is C29H29N5. The summed E-state index contributed by atoms with van der Waals surface area (Å²) in [5.74, 6) is 1.68. The molecule has 0 spiro atoms. The highest BCUT2D eigenvalue weighted by molar-refractivity contribution is 5.81. The highest BCUT2D eigenvalue weighted by atomic mass is 15.1. The van der Waals surface area contributed by atoms with E-state index in [0.717, 1.165) is 41.3 Å². The number of nitrogens with one attached hydrogen (secondary N) is 1. The number of rotatable bonds is 7. The van der Waals surface area contributed by atoms with Crippen molar-refractivity contribution in [2.45, 2.75) is 44.7 Å². The first-order valence-electron chi connectivity index (χ1n) is 12.3. The van der Waals surface area contributed by atoms with Gasteiger partial charge in [-0.1, -0.05) is 42.5 Å². The Morgan fingerprint density at radius 3 is 2.76 bits per heavy atom. The van der Waals surface area contributed by atoms with Crippen LogP contribution in [0, 0.1) is 5.92 Å². The van der Waals surface area contributed by atoms with Gasteiger partial charge < -0.3 is 9.88 Å². The monoisotopic (exact) mass is 447 g/mol. The van der Waals surface area contributed by atoms with Crippen LogP contribution in [0.2, 0.25) is 0 Å². The van der Waals surface area contributed by atoms with Gasteiger partial charge in [0.2, 0.25) is 0 Å². The van der Waals surface area contributed by atoms with E-state index in [4.69, 9.17) is 4.98 Å². The highest BCUT2D eigenvalue weighted by Gasteiger charge is 2.26. The Morgan fingerprint density at radius 1 is 0.912 bits per heavy atom. The quantitative estimate of drug-likeness (QED) is 0.307. The van der Waals surface area contributed by atoms with Gasteiger partial charge in [0.05, 0.1) is 5.52 Å². The molecule has 0 saturated heterocycles. The minimum atomic E-state index is 0.550. The maximum atomic E-state index is 4.88.